The van der Waals surface area contributed by atoms with E-state index in [1.165, 1.54) is 0 Å². The summed E-state index contributed by atoms with van der Waals surface area (Å²) in [7, 11) is 0. The van der Waals surface area contributed by atoms with Gasteiger partial charge in [0.15, 0.2) is 0 Å². The first kappa shape index (κ1) is 32.2. The van der Waals surface area contributed by atoms with E-state index in [-0.39, 0.29) is 19.4 Å². The van der Waals surface area contributed by atoms with Gasteiger partial charge in [-0.1, -0.05) is 91.0 Å². The molecule has 3 aromatic carbocycles. The number of allylic oxidation sites excluding steroid dienone is 1. The largest absolute Gasteiger partial charge is 0.444 e. The van der Waals surface area contributed by atoms with Crippen LogP contribution in [0.25, 0.3) is 6.08 Å². The van der Waals surface area contributed by atoms with Crippen molar-refractivity contribution in [3.8, 4) is 0 Å². The summed E-state index contributed by atoms with van der Waals surface area (Å²) in [6.45, 7) is 4.92. The van der Waals surface area contributed by atoms with Crippen LogP contribution in [0.4, 0.5) is 10.5 Å². The summed E-state index contributed by atoms with van der Waals surface area (Å²) in [5.41, 5.74) is 7.22. The lowest BCUT2D eigenvalue weighted by Gasteiger charge is -2.30. The van der Waals surface area contributed by atoms with Gasteiger partial charge in [-0.05, 0) is 63.3 Å². The molecule has 0 fully saturated rings. The lowest BCUT2D eigenvalue weighted by Crippen LogP contribution is -2.49. The van der Waals surface area contributed by atoms with Crippen molar-refractivity contribution in [1.29, 1.82) is 0 Å². The molecule has 3 amide bonds. The Labute approximate surface area is 248 Å². The first-order chi connectivity index (χ1) is 20.1. The maximum Gasteiger partial charge on any atom is 0.407 e. The highest BCUT2D eigenvalue weighted by Crippen LogP contribution is 2.24. The smallest absolute Gasteiger partial charge is 0.407 e. The normalized spacial score (nSPS) is 13.6. The summed E-state index contributed by atoms with van der Waals surface area (Å²) < 4.78 is 5.46. The van der Waals surface area contributed by atoms with Crippen molar-refractivity contribution in [1.82, 2.24) is 5.32 Å². The van der Waals surface area contributed by atoms with Crippen LogP contribution < -0.4 is 16.0 Å². The summed E-state index contributed by atoms with van der Waals surface area (Å²) in [4.78, 5) is 40.8. The average Bonchev–Trinajstić information content (AvgIpc) is 2.97. The molecule has 0 saturated heterocycles. The maximum atomic E-state index is 14.0. The minimum absolute atomic E-state index is 0.0214. The molecule has 0 aromatic heterocycles. The average molecular weight is 572 g/mol. The molecule has 0 aliphatic rings. The highest BCUT2D eigenvalue weighted by atomic mass is 16.6. The van der Waals surface area contributed by atoms with Gasteiger partial charge in [-0.2, -0.15) is 0 Å². The van der Waals surface area contributed by atoms with Crippen LogP contribution in [0, 0.1) is 5.92 Å². The molecule has 3 aromatic rings. The quantitative estimate of drug-likeness (QED) is 0.278. The maximum absolute atomic E-state index is 14.0. The second-order valence-electron chi connectivity index (χ2n) is 11.1. The number of alkyl carbamates (subject to hydrolysis) is 1. The summed E-state index contributed by atoms with van der Waals surface area (Å²) in [6, 6.07) is 26.9. The Morgan fingerprint density at radius 3 is 2.07 bits per heavy atom. The Balaban J connectivity index is 1.91. The second kappa shape index (κ2) is 15.7. The van der Waals surface area contributed by atoms with Crippen molar-refractivity contribution < 1.29 is 24.2 Å². The number of para-hydroxylation sites is 1. The van der Waals surface area contributed by atoms with E-state index >= 15 is 0 Å². The molecule has 0 radical (unpaired) electrons. The number of rotatable bonds is 12. The Kier molecular flexibility index (Phi) is 12.0. The van der Waals surface area contributed by atoms with Crippen LogP contribution in [0.5, 0.6) is 0 Å². The van der Waals surface area contributed by atoms with Gasteiger partial charge in [0.2, 0.25) is 11.8 Å². The number of hydrogen-bond donors (Lipinski definition) is 3. The van der Waals surface area contributed by atoms with Crippen LogP contribution in [-0.2, 0) is 20.7 Å². The van der Waals surface area contributed by atoms with Crippen molar-refractivity contribution in [2.75, 3.05) is 11.4 Å². The number of nitrogens with zero attached hydrogens (tertiary/aromatic N) is 1. The molecule has 8 nitrogen and oxygen atoms in total. The van der Waals surface area contributed by atoms with E-state index in [2.05, 4.69) is 5.32 Å². The Hall–Kier alpha value is -4.27. The zero-order valence-electron chi connectivity index (χ0n) is 24.5. The van der Waals surface area contributed by atoms with E-state index in [0.29, 0.717) is 12.1 Å². The number of ether oxygens (including phenoxy) is 1. The van der Waals surface area contributed by atoms with Crippen molar-refractivity contribution in [2.24, 2.45) is 11.7 Å². The fraction of sp³-hybridized carbons (Fsp3) is 0.324. The highest BCUT2D eigenvalue weighted by molar-refractivity contribution is 6.16. The van der Waals surface area contributed by atoms with Crippen LogP contribution in [0.1, 0.15) is 44.7 Å². The molecule has 0 saturated carbocycles. The molecule has 222 valence electrons. The fourth-order valence-electron chi connectivity index (χ4n) is 4.54. The van der Waals surface area contributed by atoms with Crippen molar-refractivity contribution in [3.63, 3.8) is 0 Å². The van der Waals surface area contributed by atoms with Gasteiger partial charge in [-0.15, -0.1) is 0 Å². The third-order valence-electron chi connectivity index (χ3n) is 6.53. The molecular weight excluding hydrogens is 530 g/mol. The van der Waals surface area contributed by atoms with Gasteiger partial charge in [-0.25, -0.2) is 9.69 Å². The number of aliphatic hydroxyl groups is 1. The molecule has 0 unspecified atom stereocenters. The van der Waals surface area contributed by atoms with Gasteiger partial charge in [0.1, 0.15) is 5.60 Å². The molecule has 0 aliphatic carbocycles. The van der Waals surface area contributed by atoms with Crippen LogP contribution >= 0.6 is 0 Å². The predicted octanol–water partition coefficient (Wildman–Crippen LogP) is 5.11. The molecule has 42 heavy (non-hydrogen) atoms. The Bertz CT molecular complexity index is 1310. The third kappa shape index (κ3) is 10.3. The zero-order chi connectivity index (χ0) is 30.5. The van der Waals surface area contributed by atoms with Crippen LogP contribution in [0.3, 0.4) is 0 Å². The van der Waals surface area contributed by atoms with E-state index in [4.69, 9.17) is 10.5 Å². The van der Waals surface area contributed by atoms with E-state index in [1.54, 1.807) is 51.1 Å². The number of carbonyl (C=O) groups is 3. The lowest BCUT2D eigenvalue weighted by atomic mass is 9.90. The first-order valence-electron chi connectivity index (χ1n) is 14.1. The monoisotopic (exact) mass is 571 g/mol. The zero-order valence-corrected chi connectivity index (χ0v) is 24.5. The SMILES string of the molecule is CC(C)(C)OC(=O)N[C@@H](Cc1ccccc1)[C@@H](O)C[C@@H](CC=Cc1ccccc1)C(=O)N(C(=O)CN)c1ccccc1. The Morgan fingerprint density at radius 1 is 0.929 bits per heavy atom. The van der Waals surface area contributed by atoms with Crippen LogP contribution in [0.2, 0.25) is 0 Å². The van der Waals surface area contributed by atoms with E-state index < -0.39 is 41.6 Å². The lowest BCUT2D eigenvalue weighted by molar-refractivity contribution is -0.129. The van der Waals surface area contributed by atoms with E-state index in [0.717, 1.165) is 16.0 Å². The topological polar surface area (TPSA) is 122 Å². The molecule has 0 bridgehead atoms. The van der Waals surface area contributed by atoms with Gasteiger partial charge >= 0.3 is 6.09 Å². The number of hydrogen-bond acceptors (Lipinski definition) is 6. The molecule has 0 spiro atoms. The number of benzene rings is 3. The van der Waals surface area contributed by atoms with Gasteiger partial charge in [-0.3, -0.25) is 9.59 Å². The molecule has 0 heterocycles. The number of aliphatic hydroxyl groups excluding tert-OH is 1. The second-order valence-corrected chi connectivity index (χ2v) is 11.1. The number of anilines is 1. The van der Waals surface area contributed by atoms with Crippen molar-refractivity contribution in [3.05, 3.63) is 108 Å². The number of nitrogens with two attached hydrogens (primary N) is 1. The van der Waals surface area contributed by atoms with E-state index in [1.807, 2.05) is 72.8 Å². The first-order valence-corrected chi connectivity index (χ1v) is 14.1. The number of imide groups is 1. The molecular formula is C34H41N3O5. The summed E-state index contributed by atoms with van der Waals surface area (Å²) in [5, 5.41) is 14.3. The molecule has 0 aliphatic heterocycles. The van der Waals surface area contributed by atoms with Crippen LogP contribution in [-0.4, -0.2) is 47.3 Å². The molecule has 3 atom stereocenters. The third-order valence-corrected chi connectivity index (χ3v) is 6.53. The standard InChI is InChI=1S/C34H41N3O5/c1-34(2,3)42-33(41)36-29(22-26-16-9-5-10-17-26)30(38)23-27(19-13-18-25-14-7-4-8-15-25)32(40)37(31(39)24-35)28-20-11-6-12-21-28/h4-18,20-21,27,29-30,38H,19,22-24,35H2,1-3H3,(H,36,41)/t27-,29+,30+/m1/s1. The van der Waals surface area contributed by atoms with Gasteiger partial charge in [0.25, 0.3) is 0 Å². The summed E-state index contributed by atoms with van der Waals surface area (Å²) >= 11 is 0. The number of carbonyl (C=O) groups excluding carboxylic acids is 3. The molecule has 8 heteroatoms. The van der Waals surface area contributed by atoms with E-state index in [9.17, 15) is 19.5 Å². The number of nitrogens with one attached hydrogen (secondary N) is 1. The van der Waals surface area contributed by atoms with Gasteiger partial charge in [0.05, 0.1) is 24.4 Å². The molecule has 4 N–H and O–H groups in total. The fourth-order valence-corrected chi connectivity index (χ4v) is 4.54. The van der Waals surface area contributed by atoms with Crippen LogP contribution in [0.15, 0.2) is 97.1 Å². The summed E-state index contributed by atoms with van der Waals surface area (Å²) in [6.07, 6.45) is 2.48. The number of amides is 3. The van der Waals surface area contributed by atoms with Crippen molar-refractivity contribution >= 4 is 29.7 Å². The highest BCUT2D eigenvalue weighted by Gasteiger charge is 2.33. The summed E-state index contributed by atoms with van der Waals surface area (Å²) in [5.74, 6) is -1.83. The Morgan fingerprint density at radius 2 is 1.50 bits per heavy atom. The molecule has 3 rings (SSSR count). The van der Waals surface area contributed by atoms with Gasteiger partial charge < -0.3 is 20.9 Å². The minimum Gasteiger partial charge on any atom is -0.444 e. The van der Waals surface area contributed by atoms with Gasteiger partial charge in [0, 0.05) is 5.92 Å². The van der Waals surface area contributed by atoms with Crippen molar-refractivity contribution in [2.45, 2.75) is 57.8 Å². The minimum atomic E-state index is -1.14. The predicted molar refractivity (Wildman–Crippen MR) is 165 cm³/mol.